The van der Waals surface area contributed by atoms with Crippen molar-refractivity contribution in [1.82, 2.24) is 0 Å². The predicted octanol–water partition coefficient (Wildman–Crippen LogP) is 4.76. The zero-order valence-corrected chi connectivity index (χ0v) is 15.5. The van der Waals surface area contributed by atoms with Crippen LogP contribution in [0.15, 0.2) is 55.1 Å². The van der Waals surface area contributed by atoms with Gasteiger partial charge in [0.1, 0.15) is 6.61 Å². The van der Waals surface area contributed by atoms with Crippen molar-refractivity contribution < 1.29 is 18.9 Å². The number of ether oxygens (including phenoxy) is 1. The Labute approximate surface area is 147 Å². The molecule has 0 N–H and O–H groups in total. The van der Waals surface area contributed by atoms with E-state index in [1.54, 1.807) is 32.0 Å². The Balaban J connectivity index is 2.65. The molecule has 4 nitrogen and oxygen atoms in total. The van der Waals surface area contributed by atoms with Crippen molar-refractivity contribution in [3.05, 3.63) is 77.4 Å². The zero-order chi connectivity index (χ0) is 18.6. The number of hydrogen-bond donors (Lipinski definition) is 0. The van der Waals surface area contributed by atoms with E-state index in [9.17, 15) is 14.2 Å². The lowest BCUT2D eigenvalue weighted by atomic mass is 10.0. The van der Waals surface area contributed by atoms with Crippen LogP contribution in [-0.2, 0) is 9.30 Å². The molecular weight excluding hydrogens is 335 g/mol. The highest BCUT2D eigenvalue weighted by Crippen LogP contribution is 2.50. The van der Waals surface area contributed by atoms with E-state index in [4.69, 9.17) is 4.74 Å². The topological polar surface area (TPSA) is 60.4 Å². The van der Waals surface area contributed by atoms with Gasteiger partial charge in [-0.1, -0.05) is 60.7 Å². The molecule has 0 saturated heterocycles. The lowest BCUT2D eigenvalue weighted by molar-refractivity contribution is 0.107. The van der Waals surface area contributed by atoms with E-state index in [0.717, 1.165) is 5.56 Å². The number of rotatable bonds is 6. The smallest absolute Gasteiger partial charge is 0.376 e. The molecule has 0 aliphatic carbocycles. The highest BCUT2D eigenvalue weighted by molar-refractivity contribution is 8.00. The Kier molecular flexibility index (Phi) is 5.76. The fraction of sp³-hybridized carbons (Fsp3) is 0.200. The molecule has 0 aromatic heterocycles. The van der Waals surface area contributed by atoms with Gasteiger partial charge in [-0.25, -0.2) is 4.79 Å². The average molecular weight is 356 g/mol. The van der Waals surface area contributed by atoms with Crippen LogP contribution in [0.25, 0.3) is 0 Å². The summed E-state index contributed by atoms with van der Waals surface area (Å²) in [7, 11) is -4.12. The van der Waals surface area contributed by atoms with Crippen molar-refractivity contribution in [1.29, 1.82) is 0 Å². The number of carbonyl (C=O) groups excluding carboxylic acids is 2. The SMILES string of the molecule is C=CCOC(=O)P(=O)(C(=O)c1c(C)cc(C)cc1C)c1ccccc1. The van der Waals surface area contributed by atoms with Crippen LogP contribution in [0.3, 0.4) is 0 Å². The average Bonchev–Trinajstić information content (AvgIpc) is 2.58. The van der Waals surface area contributed by atoms with Crippen molar-refractivity contribution in [3.63, 3.8) is 0 Å². The Morgan fingerprint density at radius 2 is 1.64 bits per heavy atom. The van der Waals surface area contributed by atoms with E-state index in [2.05, 4.69) is 6.58 Å². The van der Waals surface area contributed by atoms with Crippen molar-refractivity contribution in [2.75, 3.05) is 6.61 Å². The molecule has 0 fully saturated rings. The third kappa shape index (κ3) is 3.64. The normalized spacial score (nSPS) is 12.9. The van der Waals surface area contributed by atoms with Gasteiger partial charge in [0.05, 0.1) is 0 Å². The molecule has 2 aromatic rings. The molecule has 0 saturated carbocycles. The highest BCUT2D eigenvalue weighted by atomic mass is 31.2. The largest absolute Gasteiger partial charge is 0.455 e. The van der Waals surface area contributed by atoms with Crippen LogP contribution >= 0.6 is 7.14 Å². The van der Waals surface area contributed by atoms with Gasteiger partial charge < -0.3 is 4.74 Å². The molecular formula is C20H21O4P. The fourth-order valence-corrected chi connectivity index (χ4v) is 4.97. The number of aryl methyl sites for hydroxylation is 3. The first-order valence-electron chi connectivity index (χ1n) is 7.89. The molecule has 0 radical (unpaired) electrons. The first-order chi connectivity index (χ1) is 11.8. The molecule has 1 atom stereocenters. The van der Waals surface area contributed by atoms with Crippen LogP contribution in [0.4, 0.5) is 4.79 Å². The number of hydrogen-bond acceptors (Lipinski definition) is 4. The standard InChI is InChI=1S/C20H21O4P/c1-5-11-24-20(22)25(23,17-9-7-6-8-10-17)19(21)18-15(3)12-14(2)13-16(18)4/h5-10,12-13H,1,11H2,2-4H3. The van der Waals surface area contributed by atoms with E-state index in [1.807, 2.05) is 19.1 Å². The van der Waals surface area contributed by atoms with Crippen LogP contribution in [0.1, 0.15) is 27.0 Å². The maximum atomic E-state index is 13.7. The summed E-state index contributed by atoms with van der Waals surface area (Å²) in [6, 6.07) is 11.7. The Morgan fingerprint density at radius 1 is 1.08 bits per heavy atom. The molecule has 0 aliphatic rings. The van der Waals surface area contributed by atoms with E-state index >= 15 is 0 Å². The summed E-state index contributed by atoms with van der Waals surface area (Å²) in [4.78, 5) is 25.8. The van der Waals surface area contributed by atoms with E-state index in [1.165, 1.54) is 18.2 Å². The molecule has 2 rings (SSSR count). The van der Waals surface area contributed by atoms with Gasteiger partial charge in [-0.3, -0.25) is 9.36 Å². The van der Waals surface area contributed by atoms with Crippen LogP contribution in [0, 0.1) is 20.8 Å². The summed E-state index contributed by atoms with van der Waals surface area (Å²) in [5, 5.41) is 0.174. The molecule has 0 bridgehead atoms. The quantitative estimate of drug-likeness (QED) is 0.553. The Morgan fingerprint density at radius 3 is 2.16 bits per heavy atom. The summed E-state index contributed by atoms with van der Waals surface area (Å²) in [5.41, 5.74) is 0.986. The second-order valence-electron chi connectivity index (χ2n) is 5.89. The summed E-state index contributed by atoms with van der Waals surface area (Å²) < 4.78 is 18.7. The summed E-state index contributed by atoms with van der Waals surface area (Å²) in [6.45, 7) is 8.85. The minimum Gasteiger partial charge on any atom is -0.455 e. The predicted molar refractivity (Wildman–Crippen MR) is 100 cm³/mol. The summed E-state index contributed by atoms with van der Waals surface area (Å²) in [6.07, 6.45) is 1.38. The monoisotopic (exact) mass is 356 g/mol. The number of benzene rings is 2. The van der Waals surface area contributed by atoms with Gasteiger partial charge >= 0.3 is 5.71 Å². The van der Waals surface area contributed by atoms with Crippen molar-refractivity contribution in [2.45, 2.75) is 20.8 Å². The zero-order valence-electron chi connectivity index (χ0n) is 14.6. The summed E-state index contributed by atoms with van der Waals surface area (Å²) in [5.74, 6) is 0. The third-order valence-electron chi connectivity index (χ3n) is 3.88. The molecule has 25 heavy (non-hydrogen) atoms. The van der Waals surface area contributed by atoms with Gasteiger partial charge in [-0.2, -0.15) is 0 Å². The van der Waals surface area contributed by atoms with Gasteiger partial charge in [-0.05, 0) is 31.9 Å². The van der Waals surface area contributed by atoms with Gasteiger partial charge in [0.25, 0.3) is 7.14 Å². The molecule has 5 heteroatoms. The number of carbonyl (C=O) groups is 2. The van der Waals surface area contributed by atoms with Gasteiger partial charge in [0.2, 0.25) is 5.52 Å². The summed E-state index contributed by atoms with van der Waals surface area (Å²) >= 11 is 0. The van der Waals surface area contributed by atoms with Gasteiger partial charge in [0, 0.05) is 10.9 Å². The first kappa shape index (κ1) is 18.9. The van der Waals surface area contributed by atoms with Crippen molar-refractivity contribution >= 4 is 23.7 Å². The Hall–Kier alpha value is -2.45. The van der Waals surface area contributed by atoms with Crippen molar-refractivity contribution in [3.8, 4) is 0 Å². The van der Waals surface area contributed by atoms with E-state index in [0.29, 0.717) is 16.7 Å². The van der Waals surface area contributed by atoms with Gasteiger partial charge in [-0.15, -0.1) is 0 Å². The molecule has 0 aliphatic heterocycles. The molecule has 130 valence electrons. The van der Waals surface area contributed by atoms with Crippen LogP contribution in [0.2, 0.25) is 0 Å². The maximum Gasteiger partial charge on any atom is 0.376 e. The third-order valence-corrected chi connectivity index (χ3v) is 6.34. The molecule has 1 unspecified atom stereocenters. The van der Waals surface area contributed by atoms with E-state index < -0.39 is 18.4 Å². The minimum absolute atomic E-state index is 0.102. The van der Waals surface area contributed by atoms with Gasteiger partial charge in [0.15, 0.2) is 0 Å². The molecule has 0 amide bonds. The molecule has 0 spiro atoms. The second kappa shape index (κ2) is 7.62. The maximum absolute atomic E-state index is 13.7. The second-order valence-corrected chi connectivity index (χ2v) is 8.40. The van der Waals surface area contributed by atoms with E-state index in [-0.39, 0.29) is 11.9 Å². The fourth-order valence-electron chi connectivity index (χ4n) is 2.84. The highest BCUT2D eigenvalue weighted by Gasteiger charge is 2.44. The first-order valence-corrected chi connectivity index (χ1v) is 9.59. The van der Waals surface area contributed by atoms with Crippen LogP contribution < -0.4 is 5.30 Å². The Bertz CT molecular complexity index is 846. The van der Waals surface area contributed by atoms with Crippen LogP contribution in [-0.4, -0.2) is 17.8 Å². The molecule has 0 heterocycles. The van der Waals surface area contributed by atoms with Crippen molar-refractivity contribution in [2.24, 2.45) is 0 Å². The van der Waals surface area contributed by atoms with Crippen LogP contribution in [0.5, 0.6) is 0 Å². The lowest BCUT2D eigenvalue weighted by Crippen LogP contribution is -2.22. The lowest BCUT2D eigenvalue weighted by Gasteiger charge is -2.18. The minimum atomic E-state index is -4.12. The molecule has 2 aromatic carbocycles.